The third-order valence-corrected chi connectivity index (χ3v) is 3.17. The summed E-state index contributed by atoms with van der Waals surface area (Å²) in [7, 11) is 1.58. The van der Waals surface area contributed by atoms with Crippen molar-refractivity contribution in [1.82, 2.24) is 5.32 Å². The number of carbonyl (C=O) groups excluding carboxylic acids is 1. The highest BCUT2D eigenvalue weighted by Gasteiger charge is 2.17. The van der Waals surface area contributed by atoms with Crippen molar-refractivity contribution in [3.8, 4) is 11.8 Å². The summed E-state index contributed by atoms with van der Waals surface area (Å²) in [6.45, 7) is 5.04. The minimum atomic E-state index is -0.161. The van der Waals surface area contributed by atoms with Crippen LogP contribution in [0.1, 0.15) is 26.7 Å². The highest BCUT2D eigenvalue weighted by molar-refractivity contribution is 5.77. The number of ether oxygens (including phenoxy) is 1. The van der Waals surface area contributed by atoms with E-state index in [0.717, 1.165) is 18.7 Å². The van der Waals surface area contributed by atoms with Crippen LogP contribution in [0.25, 0.3) is 0 Å². The van der Waals surface area contributed by atoms with Crippen molar-refractivity contribution < 1.29 is 9.53 Å². The highest BCUT2D eigenvalue weighted by atomic mass is 16.5. The van der Waals surface area contributed by atoms with Crippen molar-refractivity contribution in [3.05, 3.63) is 24.3 Å². The second kappa shape index (κ2) is 8.15. The number of nitriles is 1. The van der Waals surface area contributed by atoms with Gasteiger partial charge in [0.05, 0.1) is 6.07 Å². The molecule has 1 amide bonds. The summed E-state index contributed by atoms with van der Waals surface area (Å²) in [5.41, 5.74) is 0.990. The molecule has 0 saturated carbocycles. The monoisotopic (exact) mass is 289 g/mol. The summed E-state index contributed by atoms with van der Waals surface area (Å²) in [4.78, 5) is 11.1. The number of hydrogen-bond acceptors (Lipinski definition) is 4. The quantitative estimate of drug-likeness (QED) is 0.771. The lowest BCUT2D eigenvalue weighted by Gasteiger charge is -2.24. The molecule has 0 atom stereocenters. The van der Waals surface area contributed by atoms with Crippen LogP contribution < -0.4 is 15.4 Å². The van der Waals surface area contributed by atoms with E-state index in [2.05, 4.69) is 30.6 Å². The topological polar surface area (TPSA) is 74.2 Å². The van der Waals surface area contributed by atoms with Gasteiger partial charge in [-0.15, -0.1) is 0 Å². The first-order chi connectivity index (χ1) is 9.96. The van der Waals surface area contributed by atoms with Gasteiger partial charge in [0.15, 0.2) is 6.61 Å². The fourth-order valence-corrected chi connectivity index (χ4v) is 1.74. The fraction of sp³-hybridized carbons (Fsp3) is 0.500. The summed E-state index contributed by atoms with van der Waals surface area (Å²) >= 11 is 0. The second-order valence-corrected chi connectivity index (χ2v) is 5.67. The van der Waals surface area contributed by atoms with E-state index in [4.69, 9.17) is 10.00 Å². The van der Waals surface area contributed by atoms with E-state index in [0.29, 0.717) is 12.2 Å². The zero-order valence-electron chi connectivity index (χ0n) is 12.9. The number of anilines is 1. The van der Waals surface area contributed by atoms with Gasteiger partial charge in [-0.1, -0.05) is 19.9 Å². The molecule has 0 aliphatic carbocycles. The van der Waals surface area contributed by atoms with Gasteiger partial charge < -0.3 is 15.4 Å². The minimum Gasteiger partial charge on any atom is -0.484 e. The first-order valence-electron chi connectivity index (χ1n) is 7.01. The summed E-state index contributed by atoms with van der Waals surface area (Å²) in [5.74, 6) is 0.490. The van der Waals surface area contributed by atoms with Gasteiger partial charge in [-0.2, -0.15) is 5.26 Å². The van der Waals surface area contributed by atoms with Gasteiger partial charge in [0.1, 0.15) is 5.75 Å². The van der Waals surface area contributed by atoms with Crippen LogP contribution in [-0.2, 0) is 4.79 Å². The van der Waals surface area contributed by atoms with E-state index >= 15 is 0 Å². The molecule has 1 rings (SSSR count). The Hall–Kier alpha value is -2.22. The molecule has 0 aliphatic heterocycles. The predicted octanol–water partition coefficient (Wildman–Crippen LogP) is 2.55. The molecular formula is C16H23N3O2. The number of amides is 1. The van der Waals surface area contributed by atoms with Gasteiger partial charge in [-0.05, 0) is 24.0 Å². The average Bonchev–Trinajstić information content (AvgIpc) is 2.49. The maximum Gasteiger partial charge on any atom is 0.257 e. The van der Waals surface area contributed by atoms with Gasteiger partial charge in [0.25, 0.3) is 5.91 Å². The van der Waals surface area contributed by atoms with Crippen LogP contribution in [0.5, 0.6) is 5.75 Å². The van der Waals surface area contributed by atoms with E-state index in [1.54, 1.807) is 7.05 Å². The minimum absolute atomic E-state index is 0.00756. The molecule has 0 heterocycles. The summed E-state index contributed by atoms with van der Waals surface area (Å²) in [6.07, 6.45) is 1.41. The molecule has 5 heteroatoms. The number of hydrogen-bond donors (Lipinski definition) is 2. The van der Waals surface area contributed by atoms with Crippen LogP contribution in [0.2, 0.25) is 0 Å². The van der Waals surface area contributed by atoms with E-state index < -0.39 is 0 Å². The first-order valence-corrected chi connectivity index (χ1v) is 7.01. The molecule has 0 fully saturated rings. The van der Waals surface area contributed by atoms with Gasteiger partial charge in [-0.3, -0.25) is 4.79 Å². The Labute approximate surface area is 126 Å². The predicted molar refractivity (Wildman–Crippen MR) is 83.1 cm³/mol. The summed E-state index contributed by atoms with van der Waals surface area (Å²) < 4.78 is 5.40. The lowest BCUT2D eigenvalue weighted by Crippen LogP contribution is -2.25. The lowest BCUT2D eigenvalue weighted by atomic mass is 9.88. The summed E-state index contributed by atoms with van der Waals surface area (Å²) in [5, 5.41) is 14.5. The first kappa shape index (κ1) is 16.8. The van der Waals surface area contributed by atoms with Gasteiger partial charge in [-0.25, -0.2) is 0 Å². The van der Waals surface area contributed by atoms with Crippen LogP contribution >= 0.6 is 0 Å². The number of nitrogens with zero attached hydrogens (tertiary/aromatic N) is 1. The van der Waals surface area contributed by atoms with Gasteiger partial charge in [0.2, 0.25) is 0 Å². The van der Waals surface area contributed by atoms with Crippen LogP contribution in [0.4, 0.5) is 5.69 Å². The highest BCUT2D eigenvalue weighted by Crippen LogP contribution is 2.24. The Morgan fingerprint density at radius 2 is 2.19 bits per heavy atom. The normalized spacial score (nSPS) is 10.6. The largest absolute Gasteiger partial charge is 0.484 e. The average molecular weight is 289 g/mol. The Bertz CT molecular complexity index is 506. The number of benzene rings is 1. The van der Waals surface area contributed by atoms with Crippen LogP contribution in [0.3, 0.4) is 0 Å². The van der Waals surface area contributed by atoms with Crippen molar-refractivity contribution in [2.24, 2.45) is 5.41 Å². The van der Waals surface area contributed by atoms with E-state index in [1.807, 2.05) is 24.3 Å². The third-order valence-electron chi connectivity index (χ3n) is 3.17. The lowest BCUT2D eigenvalue weighted by molar-refractivity contribution is -0.122. The van der Waals surface area contributed by atoms with Crippen LogP contribution in [-0.4, -0.2) is 26.1 Å². The second-order valence-electron chi connectivity index (χ2n) is 5.67. The zero-order chi connectivity index (χ0) is 15.7. The van der Waals surface area contributed by atoms with Crippen molar-refractivity contribution >= 4 is 11.6 Å². The standard InChI is InChI=1S/C16H23N3O2/c1-16(2,8-5-9-17)12-19-13-6-4-7-14(10-13)21-11-15(20)18-3/h4,6-7,10,19H,5,8,11-12H2,1-3H3,(H,18,20). The molecule has 21 heavy (non-hydrogen) atoms. The molecule has 0 radical (unpaired) electrons. The molecule has 2 N–H and O–H groups in total. The number of rotatable bonds is 8. The molecule has 0 aromatic heterocycles. The maximum atomic E-state index is 11.1. The molecule has 0 saturated heterocycles. The Morgan fingerprint density at radius 3 is 2.86 bits per heavy atom. The van der Waals surface area contributed by atoms with Gasteiger partial charge >= 0.3 is 0 Å². The zero-order valence-corrected chi connectivity index (χ0v) is 12.9. The number of likely N-dealkylation sites (N-methyl/N-ethyl adjacent to an activating group) is 1. The van der Waals surface area contributed by atoms with Crippen molar-refractivity contribution in [1.29, 1.82) is 5.26 Å². The molecule has 0 spiro atoms. The molecule has 5 nitrogen and oxygen atoms in total. The Kier molecular flexibility index (Phi) is 6.54. The van der Waals surface area contributed by atoms with E-state index in [9.17, 15) is 4.79 Å². The Balaban J connectivity index is 2.53. The van der Waals surface area contributed by atoms with Crippen molar-refractivity contribution in [3.63, 3.8) is 0 Å². The maximum absolute atomic E-state index is 11.1. The van der Waals surface area contributed by atoms with Crippen LogP contribution in [0.15, 0.2) is 24.3 Å². The molecule has 0 aliphatic rings. The smallest absolute Gasteiger partial charge is 0.257 e. The Morgan fingerprint density at radius 1 is 1.43 bits per heavy atom. The SMILES string of the molecule is CNC(=O)COc1cccc(NCC(C)(C)CCC#N)c1. The molecule has 1 aromatic carbocycles. The molecular weight excluding hydrogens is 266 g/mol. The molecule has 0 bridgehead atoms. The van der Waals surface area contributed by atoms with Crippen molar-refractivity contribution in [2.75, 3.05) is 25.5 Å². The number of nitrogens with one attached hydrogen (secondary N) is 2. The van der Waals surface area contributed by atoms with E-state index in [1.165, 1.54) is 0 Å². The third kappa shape index (κ3) is 6.66. The molecule has 1 aromatic rings. The van der Waals surface area contributed by atoms with E-state index in [-0.39, 0.29) is 17.9 Å². The fourth-order valence-electron chi connectivity index (χ4n) is 1.74. The molecule has 0 unspecified atom stereocenters. The summed E-state index contributed by atoms with van der Waals surface area (Å²) in [6, 6.07) is 9.69. The van der Waals surface area contributed by atoms with Crippen LogP contribution in [0, 0.1) is 16.7 Å². The number of carbonyl (C=O) groups is 1. The van der Waals surface area contributed by atoms with Gasteiger partial charge in [0, 0.05) is 31.8 Å². The molecule has 114 valence electrons. The van der Waals surface area contributed by atoms with Crippen molar-refractivity contribution in [2.45, 2.75) is 26.7 Å².